The number of hydrogen-bond acceptors (Lipinski definition) is 7. The fourth-order valence-electron chi connectivity index (χ4n) is 1.91. The molecular formula is C14H14N2O4S. The van der Waals surface area contributed by atoms with Crippen LogP contribution in [-0.4, -0.2) is 28.0 Å². The predicted molar refractivity (Wildman–Crippen MR) is 75.1 cm³/mol. The van der Waals surface area contributed by atoms with Crippen molar-refractivity contribution in [2.24, 2.45) is 0 Å². The Bertz CT molecular complexity index is 658. The molecule has 21 heavy (non-hydrogen) atoms. The molecule has 6 nitrogen and oxygen atoms in total. The van der Waals surface area contributed by atoms with Crippen molar-refractivity contribution in [3.63, 3.8) is 0 Å². The normalized spacial score (nSPS) is 18.5. The Kier molecular flexibility index (Phi) is 3.83. The zero-order valence-electron chi connectivity index (χ0n) is 11.6. The van der Waals surface area contributed by atoms with Crippen molar-refractivity contribution in [2.75, 3.05) is 5.75 Å². The van der Waals surface area contributed by atoms with Gasteiger partial charge in [-0.15, -0.1) is 11.8 Å². The van der Waals surface area contributed by atoms with E-state index >= 15 is 0 Å². The third-order valence-electron chi connectivity index (χ3n) is 2.96. The quantitative estimate of drug-likeness (QED) is 0.807. The summed E-state index contributed by atoms with van der Waals surface area (Å²) in [7, 11) is 0. The van der Waals surface area contributed by atoms with Crippen molar-refractivity contribution in [1.82, 2.24) is 10.1 Å². The van der Waals surface area contributed by atoms with Gasteiger partial charge in [-0.1, -0.05) is 17.3 Å². The van der Waals surface area contributed by atoms with Crippen LogP contribution in [0.5, 0.6) is 5.75 Å². The average Bonchev–Trinajstić information content (AvgIpc) is 2.93. The summed E-state index contributed by atoms with van der Waals surface area (Å²) in [6.07, 6.45) is -1.22. The summed E-state index contributed by atoms with van der Waals surface area (Å²) in [5, 5.41) is 3.67. The van der Waals surface area contributed by atoms with Crippen LogP contribution >= 0.6 is 11.8 Å². The van der Waals surface area contributed by atoms with Crippen molar-refractivity contribution in [3.8, 4) is 5.75 Å². The van der Waals surface area contributed by atoms with E-state index in [9.17, 15) is 4.79 Å². The van der Waals surface area contributed by atoms with Gasteiger partial charge in [-0.05, 0) is 26.0 Å². The van der Waals surface area contributed by atoms with Gasteiger partial charge in [-0.3, -0.25) is 0 Å². The number of benzene rings is 1. The minimum absolute atomic E-state index is 0.282. The van der Waals surface area contributed by atoms with Crippen LogP contribution in [0.4, 0.5) is 0 Å². The summed E-state index contributed by atoms with van der Waals surface area (Å²) in [5.74, 6) is 1.58. The number of para-hydroxylation sites is 1. The number of carbonyl (C=O) groups is 1. The molecule has 1 aromatic carbocycles. The molecule has 2 atom stereocenters. The Morgan fingerprint density at radius 3 is 3.05 bits per heavy atom. The number of carbonyl (C=O) groups excluding carboxylic acids is 1. The number of fused-ring (bicyclic) bond motifs is 1. The lowest BCUT2D eigenvalue weighted by Gasteiger charge is -2.24. The highest BCUT2D eigenvalue weighted by Gasteiger charge is 2.30. The molecule has 2 heterocycles. The van der Waals surface area contributed by atoms with Gasteiger partial charge in [0.25, 0.3) is 5.89 Å². The van der Waals surface area contributed by atoms with Crippen molar-refractivity contribution in [1.29, 1.82) is 0 Å². The van der Waals surface area contributed by atoms with Gasteiger partial charge in [0, 0.05) is 10.6 Å². The molecule has 1 aliphatic rings. The second kappa shape index (κ2) is 5.77. The van der Waals surface area contributed by atoms with E-state index in [1.807, 2.05) is 24.3 Å². The molecule has 0 radical (unpaired) electrons. The van der Waals surface area contributed by atoms with Gasteiger partial charge in [0.15, 0.2) is 11.9 Å². The number of aryl methyl sites for hydroxylation is 1. The summed E-state index contributed by atoms with van der Waals surface area (Å²) in [4.78, 5) is 17.2. The molecule has 0 fully saturated rings. The Morgan fingerprint density at radius 1 is 1.48 bits per heavy atom. The van der Waals surface area contributed by atoms with Gasteiger partial charge in [-0.2, -0.15) is 4.98 Å². The molecule has 1 aromatic heterocycles. The molecular weight excluding hydrogens is 292 g/mol. The van der Waals surface area contributed by atoms with Crippen LogP contribution in [0, 0.1) is 6.92 Å². The van der Waals surface area contributed by atoms with Gasteiger partial charge in [0.05, 0.1) is 0 Å². The lowest BCUT2D eigenvalue weighted by atomic mass is 10.3. The topological polar surface area (TPSA) is 74.5 Å². The SMILES string of the molecule is Cc1noc([C@H](C)OC(=O)[C@H]2CSc3ccccc3O2)n1. The largest absolute Gasteiger partial charge is 0.477 e. The zero-order valence-corrected chi connectivity index (χ0v) is 12.4. The third kappa shape index (κ3) is 3.02. The van der Waals surface area contributed by atoms with Crippen LogP contribution < -0.4 is 4.74 Å². The van der Waals surface area contributed by atoms with E-state index in [-0.39, 0.29) is 5.89 Å². The van der Waals surface area contributed by atoms with E-state index in [0.717, 1.165) is 4.90 Å². The number of ether oxygens (including phenoxy) is 2. The van der Waals surface area contributed by atoms with Crippen LogP contribution in [0.15, 0.2) is 33.7 Å². The first-order chi connectivity index (χ1) is 10.1. The standard InChI is InChI=1S/C14H14N2O4S/c1-8(13-15-9(2)16-20-13)18-14(17)11-7-21-12-6-4-3-5-10(12)19-11/h3-6,8,11H,7H2,1-2H3/t8-,11+/m0/s1. The van der Waals surface area contributed by atoms with Crippen LogP contribution in [-0.2, 0) is 9.53 Å². The summed E-state index contributed by atoms with van der Waals surface area (Å²) < 4.78 is 16.0. The summed E-state index contributed by atoms with van der Waals surface area (Å²) in [6, 6.07) is 7.61. The minimum atomic E-state index is -0.628. The highest BCUT2D eigenvalue weighted by Crippen LogP contribution is 2.35. The van der Waals surface area contributed by atoms with Crippen molar-refractivity contribution in [2.45, 2.75) is 31.0 Å². The van der Waals surface area contributed by atoms with Crippen molar-refractivity contribution < 1.29 is 18.8 Å². The number of thioether (sulfide) groups is 1. The van der Waals surface area contributed by atoms with E-state index < -0.39 is 18.2 Å². The fourth-order valence-corrected chi connectivity index (χ4v) is 2.88. The van der Waals surface area contributed by atoms with Crippen LogP contribution in [0.25, 0.3) is 0 Å². The Labute approximate surface area is 125 Å². The highest BCUT2D eigenvalue weighted by atomic mass is 32.2. The summed E-state index contributed by atoms with van der Waals surface area (Å²) >= 11 is 1.57. The van der Waals surface area contributed by atoms with Gasteiger partial charge in [0.2, 0.25) is 6.10 Å². The molecule has 0 unspecified atom stereocenters. The number of nitrogens with zero attached hydrogens (tertiary/aromatic N) is 2. The van der Waals surface area contributed by atoms with E-state index in [4.69, 9.17) is 14.0 Å². The maximum absolute atomic E-state index is 12.1. The number of esters is 1. The van der Waals surface area contributed by atoms with Gasteiger partial charge in [-0.25, -0.2) is 4.79 Å². The monoisotopic (exact) mass is 306 g/mol. The smallest absolute Gasteiger partial charge is 0.349 e. The first-order valence-electron chi connectivity index (χ1n) is 6.52. The van der Waals surface area contributed by atoms with E-state index in [1.165, 1.54) is 0 Å². The van der Waals surface area contributed by atoms with E-state index in [2.05, 4.69) is 10.1 Å². The molecule has 0 spiro atoms. The molecule has 2 aromatic rings. The highest BCUT2D eigenvalue weighted by molar-refractivity contribution is 7.99. The van der Waals surface area contributed by atoms with Crippen LogP contribution in [0.1, 0.15) is 24.7 Å². The second-order valence-corrected chi connectivity index (χ2v) is 5.69. The molecule has 110 valence electrons. The van der Waals surface area contributed by atoms with E-state index in [1.54, 1.807) is 25.6 Å². The first kappa shape index (κ1) is 13.9. The first-order valence-corrected chi connectivity index (χ1v) is 7.51. The zero-order chi connectivity index (χ0) is 14.8. The molecule has 7 heteroatoms. The minimum Gasteiger partial charge on any atom is -0.477 e. The molecule has 0 bridgehead atoms. The number of aromatic nitrogens is 2. The van der Waals surface area contributed by atoms with Crippen molar-refractivity contribution in [3.05, 3.63) is 36.0 Å². The Morgan fingerprint density at radius 2 is 2.29 bits per heavy atom. The third-order valence-corrected chi connectivity index (χ3v) is 4.07. The van der Waals surface area contributed by atoms with Gasteiger partial charge in [0.1, 0.15) is 5.75 Å². The fraction of sp³-hybridized carbons (Fsp3) is 0.357. The predicted octanol–water partition coefficient (Wildman–Crippen LogP) is 2.54. The van der Waals surface area contributed by atoms with Gasteiger partial charge >= 0.3 is 5.97 Å². The molecule has 1 aliphatic heterocycles. The molecule has 0 saturated heterocycles. The summed E-state index contributed by atoms with van der Waals surface area (Å²) in [5.41, 5.74) is 0. The Balaban J connectivity index is 1.64. The van der Waals surface area contributed by atoms with E-state index in [0.29, 0.717) is 17.3 Å². The lowest BCUT2D eigenvalue weighted by Crippen LogP contribution is -2.34. The van der Waals surface area contributed by atoms with Crippen molar-refractivity contribution >= 4 is 17.7 Å². The maximum Gasteiger partial charge on any atom is 0.349 e. The van der Waals surface area contributed by atoms with Crippen LogP contribution in [0.2, 0.25) is 0 Å². The Hall–Kier alpha value is -2.02. The van der Waals surface area contributed by atoms with Crippen LogP contribution in [0.3, 0.4) is 0 Å². The molecule has 0 amide bonds. The number of rotatable bonds is 3. The summed E-state index contributed by atoms with van der Waals surface area (Å²) in [6.45, 7) is 3.40. The number of hydrogen-bond donors (Lipinski definition) is 0. The lowest BCUT2D eigenvalue weighted by molar-refractivity contribution is -0.157. The van der Waals surface area contributed by atoms with Gasteiger partial charge < -0.3 is 14.0 Å². The molecule has 3 rings (SSSR count). The second-order valence-electron chi connectivity index (χ2n) is 4.62. The molecule has 0 saturated carbocycles. The molecule has 0 N–H and O–H groups in total. The average molecular weight is 306 g/mol. The molecule has 0 aliphatic carbocycles. The maximum atomic E-state index is 12.1.